The maximum Gasteiger partial charge on any atom is 0.0408 e. The molecule has 0 spiro atoms. The van der Waals surface area contributed by atoms with Crippen LogP contribution < -0.4 is 5.73 Å². The highest BCUT2D eigenvalue weighted by Crippen LogP contribution is 2.26. The number of hydrogen-bond donors (Lipinski definition) is 1. The van der Waals surface area contributed by atoms with Crippen LogP contribution in [-0.2, 0) is 6.42 Å². The van der Waals surface area contributed by atoms with Crippen molar-refractivity contribution in [2.45, 2.75) is 19.4 Å². The fourth-order valence-corrected chi connectivity index (χ4v) is 3.10. The molecule has 0 fully saturated rings. The lowest BCUT2D eigenvalue weighted by molar-refractivity contribution is 0.720. The Hall–Kier alpha value is -1.83. The zero-order valence-corrected chi connectivity index (χ0v) is 12.8. The molecule has 0 radical (unpaired) electrons. The van der Waals surface area contributed by atoms with Crippen molar-refractivity contribution in [3.05, 3.63) is 82.4 Å². The van der Waals surface area contributed by atoms with Crippen LogP contribution in [-0.4, -0.2) is 0 Å². The summed E-state index contributed by atoms with van der Waals surface area (Å²) in [4.78, 5) is 0. The lowest BCUT2D eigenvalue weighted by Gasteiger charge is -2.16. The summed E-state index contributed by atoms with van der Waals surface area (Å²) >= 11 is 6.02. The zero-order valence-electron chi connectivity index (χ0n) is 12.0. The number of aryl methyl sites for hydroxylation is 1. The van der Waals surface area contributed by atoms with E-state index in [-0.39, 0.29) is 6.04 Å². The van der Waals surface area contributed by atoms with Crippen LogP contribution >= 0.6 is 11.6 Å². The van der Waals surface area contributed by atoms with Crippen LogP contribution in [0.3, 0.4) is 0 Å². The summed E-state index contributed by atoms with van der Waals surface area (Å²) < 4.78 is 0. The van der Waals surface area contributed by atoms with Crippen molar-refractivity contribution >= 4 is 22.4 Å². The smallest absolute Gasteiger partial charge is 0.0408 e. The molecule has 3 aromatic carbocycles. The molecule has 2 N–H and O–H groups in total. The molecule has 21 heavy (non-hydrogen) atoms. The quantitative estimate of drug-likeness (QED) is 0.719. The highest BCUT2D eigenvalue weighted by atomic mass is 35.5. The van der Waals surface area contributed by atoms with Gasteiger partial charge in [-0.1, -0.05) is 60.1 Å². The Kier molecular flexibility index (Phi) is 3.96. The Morgan fingerprint density at radius 3 is 2.57 bits per heavy atom. The van der Waals surface area contributed by atoms with Gasteiger partial charge in [-0.25, -0.2) is 0 Å². The number of fused-ring (bicyclic) bond motifs is 1. The molecule has 106 valence electrons. The Morgan fingerprint density at radius 2 is 1.76 bits per heavy atom. The first-order valence-corrected chi connectivity index (χ1v) is 7.51. The number of rotatable bonds is 3. The van der Waals surface area contributed by atoms with Gasteiger partial charge in [-0.05, 0) is 52.9 Å². The highest BCUT2D eigenvalue weighted by molar-refractivity contribution is 6.30. The van der Waals surface area contributed by atoms with Gasteiger partial charge in [0, 0.05) is 11.1 Å². The molecule has 0 aromatic heterocycles. The van der Waals surface area contributed by atoms with Gasteiger partial charge in [0.05, 0.1) is 0 Å². The SMILES string of the molecule is Cc1cc(Cl)ccc1C(N)Cc1cccc2ccccc12. The molecule has 0 amide bonds. The number of hydrogen-bond acceptors (Lipinski definition) is 1. The standard InChI is InChI=1S/C19H18ClN/c1-13-11-16(20)9-10-17(13)19(21)12-15-7-4-6-14-5-2-3-8-18(14)15/h2-11,19H,12,21H2,1H3. The Bertz CT molecular complexity index is 774. The Morgan fingerprint density at radius 1 is 1.00 bits per heavy atom. The molecule has 0 bridgehead atoms. The van der Waals surface area contributed by atoms with Crippen molar-refractivity contribution in [2.24, 2.45) is 5.73 Å². The van der Waals surface area contributed by atoms with Gasteiger partial charge in [0.1, 0.15) is 0 Å². The van der Waals surface area contributed by atoms with Gasteiger partial charge in [-0.3, -0.25) is 0 Å². The monoisotopic (exact) mass is 295 g/mol. The van der Waals surface area contributed by atoms with E-state index in [9.17, 15) is 0 Å². The maximum atomic E-state index is 6.43. The average molecular weight is 296 g/mol. The van der Waals surface area contributed by atoms with E-state index >= 15 is 0 Å². The van der Waals surface area contributed by atoms with E-state index in [1.165, 1.54) is 16.3 Å². The second kappa shape index (κ2) is 5.88. The first kappa shape index (κ1) is 14.1. The predicted molar refractivity (Wildman–Crippen MR) is 90.8 cm³/mol. The van der Waals surface area contributed by atoms with Crippen molar-refractivity contribution in [1.29, 1.82) is 0 Å². The molecule has 0 heterocycles. The third kappa shape index (κ3) is 2.94. The third-order valence-electron chi connectivity index (χ3n) is 3.95. The summed E-state index contributed by atoms with van der Waals surface area (Å²) in [7, 11) is 0. The zero-order chi connectivity index (χ0) is 14.8. The molecule has 3 rings (SSSR count). The van der Waals surface area contributed by atoms with Crippen molar-refractivity contribution in [2.75, 3.05) is 0 Å². The Balaban J connectivity index is 1.94. The van der Waals surface area contributed by atoms with Crippen molar-refractivity contribution in [3.63, 3.8) is 0 Å². The minimum atomic E-state index is -0.0203. The molecule has 1 atom stereocenters. The van der Waals surface area contributed by atoms with Gasteiger partial charge in [-0.2, -0.15) is 0 Å². The highest BCUT2D eigenvalue weighted by Gasteiger charge is 2.11. The fraction of sp³-hybridized carbons (Fsp3) is 0.158. The van der Waals surface area contributed by atoms with E-state index in [1.54, 1.807) is 0 Å². The average Bonchev–Trinajstić information content (AvgIpc) is 2.47. The summed E-state index contributed by atoms with van der Waals surface area (Å²) in [5.74, 6) is 0. The van der Waals surface area contributed by atoms with Crippen LogP contribution in [0.2, 0.25) is 5.02 Å². The second-order valence-corrected chi connectivity index (χ2v) is 5.89. The fourth-order valence-electron chi connectivity index (χ4n) is 2.87. The summed E-state index contributed by atoms with van der Waals surface area (Å²) in [5, 5.41) is 3.30. The first-order valence-electron chi connectivity index (χ1n) is 7.13. The summed E-state index contributed by atoms with van der Waals surface area (Å²) in [6.07, 6.45) is 0.823. The number of nitrogens with two attached hydrogens (primary N) is 1. The lowest BCUT2D eigenvalue weighted by atomic mass is 9.93. The van der Waals surface area contributed by atoms with E-state index in [4.69, 9.17) is 17.3 Å². The first-order chi connectivity index (χ1) is 10.1. The number of halogens is 1. The van der Waals surface area contributed by atoms with Gasteiger partial charge in [0.2, 0.25) is 0 Å². The number of benzene rings is 3. The van der Waals surface area contributed by atoms with Crippen molar-refractivity contribution < 1.29 is 0 Å². The molecule has 0 aliphatic rings. The van der Waals surface area contributed by atoms with Crippen LogP contribution in [0, 0.1) is 6.92 Å². The van der Waals surface area contributed by atoms with Crippen LogP contribution in [0.4, 0.5) is 0 Å². The molecule has 3 aromatic rings. The molecule has 0 aliphatic carbocycles. The van der Waals surface area contributed by atoms with Crippen molar-refractivity contribution in [3.8, 4) is 0 Å². The summed E-state index contributed by atoms with van der Waals surface area (Å²) in [5.41, 5.74) is 10.0. The summed E-state index contributed by atoms with van der Waals surface area (Å²) in [6, 6.07) is 20.7. The van der Waals surface area contributed by atoms with Crippen LogP contribution in [0.25, 0.3) is 10.8 Å². The lowest BCUT2D eigenvalue weighted by Crippen LogP contribution is -2.14. The topological polar surface area (TPSA) is 26.0 Å². The largest absolute Gasteiger partial charge is 0.324 e. The van der Waals surface area contributed by atoms with Crippen LogP contribution in [0.5, 0.6) is 0 Å². The third-order valence-corrected chi connectivity index (χ3v) is 4.19. The molecular formula is C19H18ClN. The maximum absolute atomic E-state index is 6.43. The van der Waals surface area contributed by atoms with Crippen molar-refractivity contribution in [1.82, 2.24) is 0 Å². The van der Waals surface area contributed by atoms with Gasteiger partial charge in [0.15, 0.2) is 0 Å². The summed E-state index contributed by atoms with van der Waals surface area (Å²) in [6.45, 7) is 2.06. The Labute approximate surface area is 130 Å². The van der Waals surface area contributed by atoms with Crippen LogP contribution in [0.1, 0.15) is 22.7 Å². The molecule has 0 aliphatic heterocycles. The molecule has 1 unspecified atom stereocenters. The van der Waals surface area contributed by atoms with Gasteiger partial charge >= 0.3 is 0 Å². The van der Waals surface area contributed by atoms with E-state index in [1.807, 2.05) is 18.2 Å². The molecule has 0 saturated heterocycles. The van der Waals surface area contributed by atoms with E-state index in [2.05, 4.69) is 49.4 Å². The normalized spacial score (nSPS) is 12.5. The minimum Gasteiger partial charge on any atom is -0.324 e. The second-order valence-electron chi connectivity index (χ2n) is 5.45. The predicted octanol–water partition coefficient (Wildman–Crippen LogP) is 5.04. The van der Waals surface area contributed by atoms with E-state index in [0.717, 1.165) is 22.6 Å². The minimum absolute atomic E-state index is 0.0203. The molecule has 0 saturated carbocycles. The van der Waals surface area contributed by atoms with Gasteiger partial charge in [0.25, 0.3) is 0 Å². The van der Waals surface area contributed by atoms with Gasteiger partial charge < -0.3 is 5.73 Å². The molecule has 1 nitrogen and oxygen atoms in total. The van der Waals surface area contributed by atoms with Gasteiger partial charge in [-0.15, -0.1) is 0 Å². The molecule has 2 heteroatoms. The van der Waals surface area contributed by atoms with E-state index < -0.39 is 0 Å². The van der Waals surface area contributed by atoms with E-state index in [0.29, 0.717) is 0 Å². The molecular weight excluding hydrogens is 278 g/mol. The van der Waals surface area contributed by atoms with Crippen LogP contribution in [0.15, 0.2) is 60.7 Å².